The van der Waals surface area contributed by atoms with Crippen molar-refractivity contribution in [1.82, 2.24) is 0 Å². The number of nitrogens with zero attached hydrogens (tertiary/aromatic N) is 1. The number of carbonyl (C=O) groups excluding carboxylic acids is 1. The molecule has 0 saturated heterocycles. The van der Waals surface area contributed by atoms with Gasteiger partial charge in [-0.25, -0.2) is 0 Å². The number of rotatable bonds is 0. The summed E-state index contributed by atoms with van der Waals surface area (Å²) in [6, 6.07) is 7.28. The van der Waals surface area contributed by atoms with Crippen molar-refractivity contribution >= 4 is 23.4 Å². The molecule has 0 fully saturated rings. The van der Waals surface area contributed by atoms with Crippen LogP contribution in [-0.2, 0) is 4.79 Å². The Kier molecular flexibility index (Phi) is 1.78. The predicted molar refractivity (Wildman–Crippen MR) is 46.4 cm³/mol. The van der Waals surface area contributed by atoms with Crippen molar-refractivity contribution in [2.45, 2.75) is 4.90 Å². The van der Waals surface area contributed by atoms with Crippen molar-refractivity contribution < 1.29 is 10.0 Å². The molecular weight excluding hydrogens is 174 g/mol. The van der Waals surface area contributed by atoms with E-state index in [4.69, 9.17) is 0 Å². The Morgan fingerprint density at radius 2 is 2.17 bits per heavy atom. The van der Waals surface area contributed by atoms with E-state index < -0.39 is 0 Å². The molecule has 0 aliphatic carbocycles. The largest absolute Gasteiger partial charge is 0.281 e. The fraction of sp³-hybridized carbons (Fsp3) is 0.125. The SMILES string of the molecule is O=C1CSc2ccccc2N1O. The molecule has 0 saturated carbocycles. The summed E-state index contributed by atoms with van der Waals surface area (Å²) in [4.78, 5) is 12.0. The summed E-state index contributed by atoms with van der Waals surface area (Å²) in [5.74, 6) is 0.0479. The lowest BCUT2D eigenvalue weighted by atomic mass is 10.3. The van der Waals surface area contributed by atoms with E-state index in [0.717, 1.165) is 4.90 Å². The second kappa shape index (κ2) is 2.80. The molecule has 0 bridgehead atoms. The first-order valence-corrected chi connectivity index (χ1v) is 4.51. The van der Waals surface area contributed by atoms with Gasteiger partial charge in [-0.05, 0) is 12.1 Å². The monoisotopic (exact) mass is 181 g/mol. The Balaban J connectivity index is 2.48. The molecule has 1 aliphatic rings. The van der Waals surface area contributed by atoms with E-state index in [9.17, 15) is 10.0 Å². The zero-order chi connectivity index (χ0) is 8.55. The third kappa shape index (κ3) is 1.09. The van der Waals surface area contributed by atoms with Crippen molar-refractivity contribution in [2.75, 3.05) is 10.8 Å². The lowest BCUT2D eigenvalue weighted by Gasteiger charge is -2.22. The summed E-state index contributed by atoms with van der Waals surface area (Å²) < 4.78 is 0. The van der Waals surface area contributed by atoms with Crippen LogP contribution in [0, 0.1) is 0 Å². The molecule has 0 aromatic heterocycles. The quantitative estimate of drug-likeness (QED) is 0.617. The van der Waals surface area contributed by atoms with Crippen molar-refractivity contribution in [3.8, 4) is 0 Å². The van der Waals surface area contributed by atoms with Crippen LogP contribution in [0.5, 0.6) is 0 Å². The standard InChI is InChI=1S/C8H7NO2S/c10-8-5-12-7-4-2-1-3-6(7)9(8)11/h1-4,11H,5H2. The van der Waals surface area contributed by atoms with Gasteiger partial charge in [0.25, 0.3) is 5.91 Å². The molecule has 1 aliphatic heterocycles. The summed E-state index contributed by atoms with van der Waals surface area (Å²) in [5.41, 5.74) is 0.582. The Morgan fingerprint density at radius 1 is 1.42 bits per heavy atom. The molecule has 1 amide bonds. The number of fused-ring (bicyclic) bond motifs is 1. The van der Waals surface area contributed by atoms with Crippen molar-refractivity contribution in [2.24, 2.45) is 0 Å². The van der Waals surface area contributed by atoms with Crippen LogP contribution in [0.3, 0.4) is 0 Å². The van der Waals surface area contributed by atoms with E-state index in [2.05, 4.69) is 0 Å². The molecule has 0 atom stereocenters. The van der Waals surface area contributed by atoms with Crippen LogP contribution in [0.15, 0.2) is 29.2 Å². The molecule has 1 aromatic rings. The predicted octanol–water partition coefficient (Wildman–Crippen LogP) is 1.51. The van der Waals surface area contributed by atoms with Gasteiger partial charge in [-0.1, -0.05) is 12.1 Å². The second-order valence-electron chi connectivity index (χ2n) is 2.46. The summed E-state index contributed by atoms with van der Waals surface area (Å²) in [6.07, 6.45) is 0. The molecule has 4 heteroatoms. The van der Waals surface area contributed by atoms with Gasteiger partial charge in [0.15, 0.2) is 0 Å². The fourth-order valence-corrected chi connectivity index (χ4v) is 1.97. The highest BCUT2D eigenvalue weighted by molar-refractivity contribution is 8.00. The molecule has 0 spiro atoms. The minimum Gasteiger partial charge on any atom is -0.281 e. The van der Waals surface area contributed by atoms with E-state index in [1.54, 1.807) is 12.1 Å². The van der Waals surface area contributed by atoms with Crippen LogP contribution >= 0.6 is 11.8 Å². The van der Waals surface area contributed by atoms with E-state index >= 15 is 0 Å². The number of thioether (sulfide) groups is 1. The van der Waals surface area contributed by atoms with Gasteiger partial charge in [-0.15, -0.1) is 11.8 Å². The van der Waals surface area contributed by atoms with E-state index in [1.807, 2.05) is 12.1 Å². The van der Waals surface area contributed by atoms with Gasteiger partial charge in [-0.3, -0.25) is 10.0 Å². The molecule has 62 valence electrons. The zero-order valence-corrected chi connectivity index (χ0v) is 7.04. The lowest BCUT2D eigenvalue weighted by Crippen LogP contribution is -2.31. The van der Waals surface area contributed by atoms with Crippen LogP contribution in [0.2, 0.25) is 0 Å². The molecule has 1 heterocycles. The molecule has 0 radical (unpaired) electrons. The molecule has 12 heavy (non-hydrogen) atoms. The smallest absolute Gasteiger partial charge is 0.261 e. The first-order valence-electron chi connectivity index (χ1n) is 3.53. The van der Waals surface area contributed by atoms with Gasteiger partial charge >= 0.3 is 0 Å². The van der Waals surface area contributed by atoms with Crippen molar-refractivity contribution in [3.63, 3.8) is 0 Å². The highest BCUT2D eigenvalue weighted by Crippen LogP contribution is 2.33. The van der Waals surface area contributed by atoms with Crippen molar-refractivity contribution in [3.05, 3.63) is 24.3 Å². The topological polar surface area (TPSA) is 40.5 Å². The van der Waals surface area contributed by atoms with Gasteiger partial charge in [0.1, 0.15) is 0 Å². The highest BCUT2D eigenvalue weighted by atomic mass is 32.2. The molecule has 2 rings (SSSR count). The van der Waals surface area contributed by atoms with Crippen molar-refractivity contribution in [1.29, 1.82) is 0 Å². The highest BCUT2D eigenvalue weighted by Gasteiger charge is 2.22. The summed E-state index contributed by atoms with van der Waals surface area (Å²) in [7, 11) is 0. The normalized spacial score (nSPS) is 16.1. The maximum atomic E-state index is 11.0. The van der Waals surface area contributed by atoms with Gasteiger partial charge in [0.05, 0.1) is 11.4 Å². The fourth-order valence-electron chi connectivity index (χ4n) is 1.09. The van der Waals surface area contributed by atoms with Crippen LogP contribution in [0.25, 0.3) is 0 Å². The average Bonchev–Trinajstić information content (AvgIpc) is 2.12. The molecule has 1 N–H and O–H groups in total. The van der Waals surface area contributed by atoms with Crippen LogP contribution in [0.1, 0.15) is 0 Å². The molecule has 3 nitrogen and oxygen atoms in total. The molecular formula is C8H7NO2S. The number of hydrogen-bond donors (Lipinski definition) is 1. The van der Waals surface area contributed by atoms with Gasteiger partial charge in [0, 0.05) is 4.90 Å². The van der Waals surface area contributed by atoms with E-state index in [0.29, 0.717) is 16.5 Å². The number of amides is 1. The Hall–Kier alpha value is -1.00. The maximum absolute atomic E-state index is 11.0. The zero-order valence-electron chi connectivity index (χ0n) is 6.23. The van der Waals surface area contributed by atoms with Crippen LogP contribution in [0.4, 0.5) is 5.69 Å². The number of benzene rings is 1. The third-order valence-electron chi connectivity index (χ3n) is 1.68. The minimum atomic E-state index is -0.265. The lowest BCUT2D eigenvalue weighted by molar-refractivity contribution is -0.121. The molecule has 1 aromatic carbocycles. The number of carbonyl (C=O) groups is 1. The minimum absolute atomic E-state index is 0.265. The van der Waals surface area contributed by atoms with Gasteiger partial charge < -0.3 is 0 Å². The Labute approximate surface area is 73.9 Å². The van der Waals surface area contributed by atoms with Crippen LogP contribution < -0.4 is 5.06 Å². The first-order chi connectivity index (χ1) is 5.79. The second-order valence-corrected chi connectivity index (χ2v) is 3.48. The van der Waals surface area contributed by atoms with Gasteiger partial charge in [-0.2, -0.15) is 5.06 Å². The maximum Gasteiger partial charge on any atom is 0.261 e. The number of para-hydroxylation sites is 1. The van der Waals surface area contributed by atoms with Gasteiger partial charge in [0.2, 0.25) is 0 Å². The Bertz CT molecular complexity index is 327. The number of hydrogen-bond acceptors (Lipinski definition) is 3. The summed E-state index contributed by atoms with van der Waals surface area (Å²) in [6.45, 7) is 0. The number of anilines is 1. The summed E-state index contributed by atoms with van der Waals surface area (Å²) in [5, 5.41) is 10.0. The van der Waals surface area contributed by atoms with E-state index in [-0.39, 0.29) is 5.91 Å². The van der Waals surface area contributed by atoms with E-state index in [1.165, 1.54) is 11.8 Å². The summed E-state index contributed by atoms with van der Waals surface area (Å²) >= 11 is 1.45. The average molecular weight is 181 g/mol. The Morgan fingerprint density at radius 3 is 3.00 bits per heavy atom. The third-order valence-corrected chi connectivity index (χ3v) is 2.73. The number of hydroxylamine groups is 1. The first kappa shape index (κ1) is 7.64. The van der Waals surface area contributed by atoms with Crippen LogP contribution in [-0.4, -0.2) is 16.9 Å². The molecule has 0 unspecified atom stereocenters.